The Morgan fingerprint density at radius 1 is 1.27 bits per heavy atom. The van der Waals surface area contributed by atoms with Gasteiger partial charge in [0.15, 0.2) is 0 Å². The lowest BCUT2D eigenvalue weighted by atomic mass is 9.98. The van der Waals surface area contributed by atoms with Gasteiger partial charge in [-0.15, -0.1) is 0 Å². The largest absolute Gasteiger partial charge is 0.310 e. The summed E-state index contributed by atoms with van der Waals surface area (Å²) < 4.78 is 1.87. The van der Waals surface area contributed by atoms with Gasteiger partial charge in [0.25, 0.3) is 0 Å². The predicted molar refractivity (Wildman–Crippen MR) is 58.9 cm³/mol. The monoisotopic (exact) mass is 199 g/mol. The number of hydrogen-bond donors (Lipinski definition) is 1. The van der Waals surface area contributed by atoms with Gasteiger partial charge in [-0.1, -0.05) is 12.1 Å². The molecule has 1 atom stereocenters. The SMILES string of the molecule is c1cnn(-c2ccc([C@@H]3CCN3)cc2)c1. The molecule has 2 aromatic rings. The Labute approximate surface area is 88.7 Å². The molecule has 0 spiro atoms. The first-order valence-corrected chi connectivity index (χ1v) is 5.27. The average molecular weight is 199 g/mol. The number of nitrogens with zero attached hydrogens (tertiary/aromatic N) is 2. The van der Waals surface area contributed by atoms with Crippen molar-refractivity contribution in [3.8, 4) is 5.69 Å². The minimum atomic E-state index is 0.566. The molecule has 1 saturated heterocycles. The normalized spacial score (nSPS) is 19.9. The topological polar surface area (TPSA) is 29.9 Å². The minimum absolute atomic E-state index is 0.566. The van der Waals surface area contributed by atoms with Gasteiger partial charge < -0.3 is 5.32 Å². The molecule has 0 saturated carbocycles. The molecule has 1 aromatic carbocycles. The van der Waals surface area contributed by atoms with E-state index >= 15 is 0 Å². The zero-order valence-electron chi connectivity index (χ0n) is 8.43. The van der Waals surface area contributed by atoms with E-state index in [1.165, 1.54) is 12.0 Å². The average Bonchev–Trinajstić information content (AvgIpc) is 2.69. The van der Waals surface area contributed by atoms with Gasteiger partial charge in [-0.3, -0.25) is 0 Å². The van der Waals surface area contributed by atoms with Gasteiger partial charge in [-0.2, -0.15) is 5.10 Å². The Morgan fingerprint density at radius 3 is 2.60 bits per heavy atom. The van der Waals surface area contributed by atoms with Crippen molar-refractivity contribution in [2.24, 2.45) is 0 Å². The first-order valence-electron chi connectivity index (χ1n) is 5.27. The molecule has 0 radical (unpaired) electrons. The Balaban J connectivity index is 1.87. The zero-order valence-corrected chi connectivity index (χ0v) is 8.43. The fraction of sp³-hybridized carbons (Fsp3) is 0.250. The Bertz CT molecular complexity index is 426. The molecule has 2 heterocycles. The van der Waals surface area contributed by atoms with E-state index in [0.717, 1.165) is 12.2 Å². The molecule has 1 aliphatic rings. The van der Waals surface area contributed by atoms with Crippen molar-refractivity contribution in [1.29, 1.82) is 0 Å². The van der Waals surface area contributed by atoms with Crippen LogP contribution in [0.25, 0.3) is 5.69 Å². The van der Waals surface area contributed by atoms with Crippen LogP contribution < -0.4 is 5.32 Å². The third kappa shape index (κ3) is 1.55. The van der Waals surface area contributed by atoms with Crippen LogP contribution in [0.1, 0.15) is 18.0 Å². The van der Waals surface area contributed by atoms with E-state index < -0.39 is 0 Å². The zero-order chi connectivity index (χ0) is 10.1. The van der Waals surface area contributed by atoms with E-state index in [4.69, 9.17) is 0 Å². The quantitative estimate of drug-likeness (QED) is 0.800. The van der Waals surface area contributed by atoms with E-state index in [1.54, 1.807) is 6.20 Å². The van der Waals surface area contributed by atoms with Crippen molar-refractivity contribution in [2.45, 2.75) is 12.5 Å². The molecule has 1 aromatic heterocycles. The first kappa shape index (κ1) is 8.68. The van der Waals surface area contributed by atoms with E-state index in [-0.39, 0.29) is 0 Å². The lowest BCUT2D eigenvalue weighted by Crippen LogP contribution is -2.34. The number of benzene rings is 1. The molecule has 0 bridgehead atoms. The van der Waals surface area contributed by atoms with Crippen LogP contribution in [0.2, 0.25) is 0 Å². The molecule has 76 valence electrons. The van der Waals surface area contributed by atoms with Crippen LogP contribution in [0.5, 0.6) is 0 Å². The molecule has 1 N–H and O–H groups in total. The number of nitrogens with one attached hydrogen (secondary N) is 1. The predicted octanol–water partition coefficient (Wildman–Crippen LogP) is 1.91. The molecule has 1 aliphatic heterocycles. The maximum atomic E-state index is 4.20. The van der Waals surface area contributed by atoms with E-state index in [9.17, 15) is 0 Å². The van der Waals surface area contributed by atoms with Gasteiger partial charge in [0.2, 0.25) is 0 Å². The summed E-state index contributed by atoms with van der Waals surface area (Å²) in [6.07, 6.45) is 5.00. The number of hydrogen-bond acceptors (Lipinski definition) is 2. The fourth-order valence-electron chi connectivity index (χ4n) is 1.85. The first-order chi connectivity index (χ1) is 7.43. The maximum Gasteiger partial charge on any atom is 0.0645 e. The highest BCUT2D eigenvalue weighted by molar-refractivity contribution is 5.35. The van der Waals surface area contributed by atoms with Crippen molar-refractivity contribution >= 4 is 0 Å². The highest BCUT2D eigenvalue weighted by Gasteiger charge is 2.17. The molecule has 0 amide bonds. The molecular formula is C12H13N3. The van der Waals surface area contributed by atoms with Gasteiger partial charge in [-0.05, 0) is 36.7 Å². The van der Waals surface area contributed by atoms with Crippen molar-refractivity contribution in [3.63, 3.8) is 0 Å². The third-order valence-electron chi connectivity index (χ3n) is 2.89. The molecule has 0 unspecified atom stereocenters. The van der Waals surface area contributed by atoms with Gasteiger partial charge in [0, 0.05) is 18.4 Å². The summed E-state index contributed by atoms with van der Waals surface area (Å²) in [5.41, 5.74) is 2.49. The smallest absolute Gasteiger partial charge is 0.0645 e. The van der Waals surface area contributed by atoms with Crippen LogP contribution in [-0.2, 0) is 0 Å². The summed E-state index contributed by atoms with van der Waals surface area (Å²) in [5.74, 6) is 0. The molecule has 3 heteroatoms. The van der Waals surface area contributed by atoms with Crippen molar-refractivity contribution in [1.82, 2.24) is 15.1 Å². The van der Waals surface area contributed by atoms with Crippen LogP contribution in [0.4, 0.5) is 0 Å². The number of rotatable bonds is 2. The molecule has 3 rings (SSSR count). The maximum absolute atomic E-state index is 4.20. The summed E-state index contributed by atoms with van der Waals surface area (Å²) in [5, 5.41) is 7.59. The van der Waals surface area contributed by atoms with Gasteiger partial charge in [0.1, 0.15) is 0 Å². The van der Waals surface area contributed by atoms with E-state index in [2.05, 4.69) is 34.7 Å². The number of aromatic nitrogens is 2. The Morgan fingerprint density at radius 2 is 2.07 bits per heavy atom. The van der Waals surface area contributed by atoms with E-state index in [0.29, 0.717) is 6.04 Å². The van der Waals surface area contributed by atoms with Crippen molar-refractivity contribution in [2.75, 3.05) is 6.54 Å². The van der Waals surface area contributed by atoms with Gasteiger partial charge >= 0.3 is 0 Å². The lowest BCUT2D eigenvalue weighted by Gasteiger charge is -2.28. The van der Waals surface area contributed by atoms with Crippen molar-refractivity contribution < 1.29 is 0 Å². The van der Waals surface area contributed by atoms with Crippen LogP contribution in [-0.4, -0.2) is 16.3 Å². The van der Waals surface area contributed by atoms with Gasteiger partial charge in [-0.25, -0.2) is 4.68 Å². The standard InChI is InChI=1S/C12H13N3/c1-7-14-15(9-1)11-4-2-10(3-5-11)12-6-8-13-12/h1-5,7,9,12-13H,6,8H2/t12-/m0/s1. The van der Waals surface area contributed by atoms with Gasteiger partial charge in [0.05, 0.1) is 5.69 Å². The molecular weight excluding hydrogens is 186 g/mol. The summed E-state index contributed by atoms with van der Waals surface area (Å²) in [4.78, 5) is 0. The lowest BCUT2D eigenvalue weighted by molar-refractivity contribution is 0.383. The Hall–Kier alpha value is -1.61. The van der Waals surface area contributed by atoms with E-state index in [1.807, 2.05) is 16.9 Å². The summed E-state index contributed by atoms with van der Waals surface area (Å²) >= 11 is 0. The summed E-state index contributed by atoms with van der Waals surface area (Å²) in [6, 6.07) is 11.1. The minimum Gasteiger partial charge on any atom is -0.310 e. The Kier molecular flexibility index (Phi) is 2.03. The second kappa shape index (κ2) is 3.51. The second-order valence-electron chi connectivity index (χ2n) is 3.84. The summed E-state index contributed by atoms with van der Waals surface area (Å²) in [6.45, 7) is 1.14. The molecule has 1 fully saturated rings. The van der Waals surface area contributed by atoms with Crippen LogP contribution in [0.3, 0.4) is 0 Å². The van der Waals surface area contributed by atoms with Crippen LogP contribution >= 0.6 is 0 Å². The second-order valence-corrected chi connectivity index (χ2v) is 3.84. The summed E-state index contributed by atoms with van der Waals surface area (Å²) in [7, 11) is 0. The van der Waals surface area contributed by atoms with Crippen molar-refractivity contribution in [3.05, 3.63) is 48.3 Å². The third-order valence-corrected chi connectivity index (χ3v) is 2.89. The molecule has 3 nitrogen and oxygen atoms in total. The highest BCUT2D eigenvalue weighted by atomic mass is 15.3. The highest BCUT2D eigenvalue weighted by Crippen LogP contribution is 2.23. The van der Waals surface area contributed by atoms with Crippen LogP contribution in [0, 0.1) is 0 Å². The fourth-order valence-corrected chi connectivity index (χ4v) is 1.85. The molecule has 0 aliphatic carbocycles. The van der Waals surface area contributed by atoms with Crippen LogP contribution in [0.15, 0.2) is 42.7 Å². The molecule has 15 heavy (non-hydrogen) atoms.